The first-order chi connectivity index (χ1) is 11.6. The fourth-order valence-corrected chi connectivity index (χ4v) is 3.43. The lowest BCUT2D eigenvalue weighted by Crippen LogP contribution is -2.39. The Kier molecular flexibility index (Phi) is 5.06. The molecular formula is C17H19ClN2O4. The Morgan fingerprint density at radius 1 is 1.33 bits per heavy atom. The number of hydrogen-bond donors (Lipinski definition) is 3. The van der Waals surface area contributed by atoms with Gasteiger partial charge in [0.2, 0.25) is 0 Å². The van der Waals surface area contributed by atoms with Gasteiger partial charge < -0.3 is 20.1 Å². The van der Waals surface area contributed by atoms with Gasteiger partial charge in [-0.25, -0.2) is 0 Å². The molecule has 0 saturated carbocycles. The van der Waals surface area contributed by atoms with Gasteiger partial charge in [0.25, 0.3) is 5.91 Å². The normalized spacial score (nSPS) is 16.9. The summed E-state index contributed by atoms with van der Waals surface area (Å²) in [7, 11) is 0. The molecule has 1 aromatic heterocycles. The highest BCUT2D eigenvalue weighted by Crippen LogP contribution is 2.27. The van der Waals surface area contributed by atoms with Gasteiger partial charge in [0, 0.05) is 30.7 Å². The molecule has 0 spiro atoms. The Bertz CT molecular complexity index is 752. The van der Waals surface area contributed by atoms with Crippen LogP contribution in [-0.4, -0.2) is 41.7 Å². The third-order valence-electron chi connectivity index (χ3n) is 4.50. The minimum absolute atomic E-state index is 0.00901. The van der Waals surface area contributed by atoms with Crippen LogP contribution in [0.3, 0.4) is 0 Å². The highest BCUT2D eigenvalue weighted by atomic mass is 35.5. The number of carboxylic acids is 1. The third-order valence-corrected chi connectivity index (χ3v) is 4.90. The van der Waals surface area contributed by atoms with Crippen LogP contribution in [0.4, 0.5) is 0 Å². The molecule has 0 aliphatic carbocycles. The van der Waals surface area contributed by atoms with Gasteiger partial charge in [0.15, 0.2) is 0 Å². The number of ether oxygens (including phenoxy) is 1. The zero-order valence-electron chi connectivity index (χ0n) is 13.0. The van der Waals surface area contributed by atoms with Crippen molar-refractivity contribution >= 4 is 34.4 Å². The predicted molar refractivity (Wildman–Crippen MR) is 90.3 cm³/mol. The Morgan fingerprint density at radius 2 is 2.04 bits per heavy atom. The van der Waals surface area contributed by atoms with Crippen LogP contribution in [0, 0.1) is 11.8 Å². The van der Waals surface area contributed by atoms with E-state index in [0.29, 0.717) is 31.1 Å². The van der Waals surface area contributed by atoms with Crippen LogP contribution in [0.15, 0.2) is 24.3 Å². The fraction of sp³-hybridized carbons (Fsp3) is 0.412. The maximum atomic E-state index is 12.4. The smallest absolute Gasteiger partial charge is 0.308 e. The number of hydrogen-bond acceptors (Lipinski definition) is 3. The molecule has 2 heterocycles. The summed E-state index contributed by atoms with van der Waals surface area (Å²) in [5.41, 5.74) is 1.03. The number of aromatic amines is 1. The fourth-order valence-electron chi connectivity index (χ4n) is 3.13. The molecule has 2 aromatic rings. The Balaban J connectivity index is 1.70. The van der Waals surface area contributed by atoms with Crippen LogP contribution < -0.4 is 5.32 Å². The van der Waals surface area contributed by atoms with Crippen molar-refractivity contribution in [1.82, 2.24) is 10.3 Å². The van der Waals surface area contributed by atoms with Gasteiger partial charge in [-0.05, 0) is 24.8 Å². The van der Waals surface area contributed by atoms with Crippen molar-refractivity contribution in [2.24, 2.45) is 11.8 Å². The minimum Gasteiger partial charge on any atom is -0.481 e. The highest BCUT2D eigenvalue weighted by molar-refractivity contribution is 6.38. The summed E-state index contributed by atoms with van der Waals surface area (Å²) in [5, 5.41) is 13.3. The van der Waals surface area contributed by atoms with E-state index in [4.69, 9.17) is 16.3 Å². The Labute approximate surface area is 144 Å². The summed E-state index contributed by atoms with van der Waals surface area (Å²) in [6.07, 6.45) is 1.39. The summed E-state index contributed by atoms with van der Waals surface area (Å²) < 4.78 is 5.27. The summed E-state index contributed by atoms with van der Waals surface area (Å²) in [6, 6.07) is 7.35. The molecule has 3 rings (SSSR count). The number of nitrogens with one attached hydrogen (secondary N) is 2. The molecule has 1 aliphatic rings. The SMILES string of the molecule is O=C(NCC(C(=O)O)C1CCOCC1)c1[nH]c2ccccc2c1Cl. The standard InChI is InChI=1S/C17H19ClN2O4/c18-14-11-3-1-2-4-13(11)20-15(14)16(21)19-9-12(17(22)23)10-5-7-24-8-6-10/h1-4,10,12,20H,5-9H2,(H,19,21)(H,22,23). The van der Waals surface area contributed by atoms with Crippen LogP contribution in [0.2, 0.25) is 5.02 Å². The van der Waals surface area contributed by atoms with Gasteiger partial charge in [-0.3, -0.25) is 9.59 Å². The molecule has 3 N–H and O–H groups in total. The third kappa shape index (κ3) is 3.39. The lowest BCUT2D eigenvalue weighted by molar-refractivity contribution is -0.144. The number of para-hydroxylation sites is 1. The summed E-state index contributed by atoms with van der Waals surface area (Å²) >= 11 is 6.25. The summed E-state index contributed by atoms with van der Waals surface area (Å²) in [4.78, 5) is 26.9. The summed E-state index contributed by atoms with van der Waals surface area (Å²) in [6.45, 7) is 1.21. The van der Waals surface area contributed by atoms with Crippen molar-refractivity contribution < 1.29 is 19.4 Å². The molecule has 1 atom stereocenters. The number of fused-ring (bicyclic) bond motifs is 1. The van der Waals surface area contributed by atoms with Crippen LogP contribution in [0.5, 0.6) is 0 Å². The van der Waals surface area contributed by atoms with Crippen molar-refractivity contribution in [2.75, 3.05) is 19.8 Å². The molecule has 7 heteroatoms. The number of H-pyrrole nitrogens is 1. The largest absolute Gasteiger partial charge is 0.481 e. The van der Waals surface area contributed by atoms with Crippen LogP contribution in [-0.2, 0) is 9.53 Å². The van der Waals surface area contributed by atoms with Crippen molar-refractivity contribution in [3.05, 3.63) is 35.0 Å². The molecule has 0 radical (unpaired) electrons. The monoisotopic (exact) mass is 350 g/mol. The first-order valence-corrected chi connectivity index (χ1v) is 8.30. The molecule has 1 unspecified atom stereocenters. The minimum atomic E-state index is -0.898. The molecule has 1 aliphatic heterocycles. The summed E-state index contributed by atoms with van der Waals surface area (Å²) in [5.74, 6) is -1.91. The number of carbonyl (C=O) groups is 2. The van der Waals surface area contributed by atoms with Crippen LogP contribution >= 0.6 is 11.6 Å². The van der Waals surface area contributed by atoms with Crippen LogP contribution in [0.25, 0.3) is 10.9 Å². The van der Waals surface area contributed by atoms with Gasteiger partial charge in [-0.15, -0.1) is 0 Å². The molecule has 24 heavy (non-hydrogen) atoms. The maximum absolute atomic E-state index is 12.4. The van der Waals surface area contributed by atoms with Gasteiger partial charge in [-0.1, -0.05) is 29.8 Å². The van der Waals surface area contributed by atoms with E-state index in [1.165, 1.54) is 0 Å². The number of amides is 1. The second-order valence-corrected chi connectivity index (χ2v) is 6.34. The molecule has 1 saturated heterocycles. The molecule has 1 aromatic carbocycles. The first-order valence-electron chi connectivity index (χ1n) is 7.93. The number of carboxylic acid groups (broad SMARTS) is 1. The van der Waals surface area contributed by atoms with Crippen molar-refractivity contribution in [2.45, 2.75) is 12.8 Å². The zero-order chi connectivity index (χ0) is 17.1. The van der Waals surface area contributed by atoms with E-state index in [1.54, 1.807) is 0 Å². The van der Waals surface area contributed by atoms with E-state index in [9.17, 15) is 14.7 Å². The number of aliphatic carboxylic acids is 1. The van der Waals surface area contributed by atoms with E-state index in [0.717, 1.165) is 10.9 Å². The van der Waals surface area contributed by atoms with Crippen molar-refractivity contribution in [1.29, 1.82) is 0 Å². The first kappa shape index (κ1) is 16.8. The van der Waals surface area contributed by atoms with E-state index < -0.39 is 17.8 Å². The zero-order valence-corrected chi connectivity index (χ0v) is 13.8. The van der Waals surface area contributed by atoms with Crippen LogP contribution in [0.1, 0.15) is 23.3 Å². The molecule has 1 fully saturated rings. The number of aromatic nitrogens is 1. The van der Waals surface area contributed by atoms with E-state index in [2.05, 4.69) is 10.3 Å². The highest BCUT2D eigenvalue weighted by Gasteiger charge is 2.30. The van der Waals surface area contributed by atoms with E-state index in [-0.39, 0.29) is 18.2 Å². The lowest BCUT2D eigenvalue weighted by atomic mass is 9.86. The van der Waals surface area contributed by atoms with Gasteiger partial charge in [-0.2, -0.15) is 0 Å². The Morgan fingerprint density at radius 3 is 2.71 bits per heavy atom. The predicted octanol–water partition coefficient (Wildman–Crippen LogP) is 2.68. The number of rotatable bonds is 5. The average Bonchev–Trinajstić information content (AvgIpc) is 2.93. The molecule has 6 nitrogen and oxygen atoms in total. The topological polar surface area (TPSA) is 91.4 Å². The maximum Gasteiger partial charge on any atom is 0.308 e. The second-order valence-electron chi connectivity index (χ2n) is 5.96. The quantitative estimate of drug-likeness (QED) is 0.773. The van der Waals surface area contributed by atoms with Gasteiger partial charge in [0.1, 0.15) is 5.69 Å². The van der Waals surface area contributed by atoms with E-state index in [1.807, 2.05) is 24.3 Å². The van der Waals surface area contributed by atoms with Gasteiger partial charge in [0.05, 0.1) is 10.9 Å². The number of halogens is 1. The lowest BCUT2D eigenvalue weighted by Gasteiger charge is -2.27. The van der Waals surface area contributed by atoms with E-state index >= 15 is 0 Å². The number of carbonyl (C=O) groups excluding carboxylic acids is 1. The molecule has 1 amide bonds. The average molecular weight is 351 g/mol. The van der Waals surface area contributed by atoms with Gasteiger partial charge >= 0.3 is 5.97 Å². The Hall–Kier alpha value is -2.05. The molecule has 0 bridgehead atoms. The second kappa shape index (κ2) is 7.23. The molecular weight excluding hydrogens is 332 g/mol. The van der Waals surface area contributed by atoms with Crippen molar-refractivity contribution in [3.8, 4) is 0 Å². The van der Waals surface area contributed by atoms with Crippen molar-refractivity contribution in [3.63, 3.8) is 0 Å². The molecule has 128 valence electrons. The number of benzene rings is 1.